The van der Waals surface area contributed by atoms with Crippen LogP contribution in [0.3, 0.4) is 0 Å². The molecule has 4 heteroatoms. The molecule has 0 amide bonds. The SMILES string of the molecule is CC.COc1nn(C2CCOCC2)cc1C. The minimum absolute atomic E-state index is 0.478. The molecule has 4 nitrogen and oxygen atoms in total. The fourth-order valence-corrected chi connectivity index (χ4v) is 1.80. The zero-order valence-electron chi connectivity index (χ0n) is 10.7. The van der Waals surface area contributed by atoms with Gasteiger partial charge >= 0.3 is 0 Å². The van der Waals surface area contributed by atoms with Gasteiger partial charge in [-0.1, -0.05) is 13.8 Å². The highest BCUT2D eigenvalue weighted by molar-refractivity contribution is 5.21. The maximum atomic E-state index is 5.31. The monoisotopic (exact) mass is 226 g/mol. The van der Waals surface area contributed by atoms with E-state index in [1.807, 2.05) is 25.5 Å². The topological polar surface area (TPSA) is 36.3 Å². The molecule has 0 spiro atoms. The van der Waals surface area contributed by atoms with Crippen molar-refractivity contribution < 1.29 is 9.47 Å². The Hall–Kier alpha value is -1.03. The minimum atomic E-state index is 0.478. The number of rotatable bonds is 2. The number of hydrogen-bond donors (Lipinski definition) is 0. The molecule has 0 atom stereocenters. The molecule has 0 unspecified atom stereocenters. The van der Waals surface area contributed by atoms with Gasteiger partial charge in [0, 0.05) is 25.0 Å². The highest BCUT2D eigenvalue weighted by atomic mass is 16.5. The Balaban J connectivity index is 0.000000606. The largest absolute Gasteiger partial charge is 0.480 e. The van der Waals surface area contributed by atoms with Gasteiger partial charge in [0.15, 0.2) is 0 Å². The maximum absolute atomic E-state index is 5.31. The predicted octanol–water partition coefficient (Wildman–Crippen LogP) is 2.58. The summed E-state index contributed by atoms with van der Waals surface area (Å²) in [5.41, 5.74) is 1.10. The van der Waals surface area contributed by atoms with Gasteiger partial charge in [-0.2, -0.15) is 0 Å². The van der Waals surface area contributed by atoms with Crippen molar-refractivity contribution in [3.05, 3.63) is 11.8 Å². The summed E-state index contributed by atoms with van der Waals surface area (Å²) in [4.78, 5) is 0. The van der Waals surface area contributed by atoms with Crippen LogP contribution in [0.15, 0.2) is 6.20 Å². The van der Waals surface area contributed by atoms with Gasteiger partial charge in [-0.3, -0.25) is 4.68 Å². The molecule has 92 valence electrons. The fraction of sp³-hybridized carbons (Fsp3) is 0.750. The second-order valence-electron chi connectivity index (χ2n) is 3.64. The molecule has 0 N–H and O–H groups in total. The van der Waals surface area contributed by atoms with Crippen LogP contribution in [0, 0.1) is 6.92 Å². The van der Waals surface area contributed by atoms with Gasteiger partial charge < -0.3 is 9.47 Å². The maximum Gasteiger partial charge on any atom is 0.235 e. The molecule has 0 saturated carbocycles. The van der Waals surface area contributed by atoms with Gasteiger partial charge in [-0.05, 0) is 19.8 Å². The number of nitrogens with zero attached hydrogens (tertiary/aromatic N) is 2. The van der Waals surface area contributed by atoms with Crippen molar-refractivity contribution in [2.75, 3.05) is 20.3 Å². The Bertz CT molecular complexity index is 304. The zero-order valence-corrected chi connectivity index (χ0v) is 10.7. The summed E-state index contributed by atoms with van der Waals surface area (Å²) in [5.74, 6) is 0.733. The van der Waals surface area contributed by atoms with E-state index in [0.29, 0.717) is 6.04 Å². The van der Waals surface area contributed by atoms with E-state index >= 15 is 0 Å². The first-order chi connectivity index (χ1) is 7.81. The summed E-state index contributed by atoms with van der Waals surface area (Å²) in [7, 11) is 1.66. The van der Waals surface area contributed by atoms with E-state index in [1.54, 1.807) is 7.11 Å². The van der Waals surface area contributed by atoms with Crippen molar-refractivity contribution in [3.63, 3.8) is 0 Å². The molecule has 0 aliphatic carbocycles. The first kappa shape index (κ1) is 13.0. The van der Waals surface area contributed by atoms with E-state index in [0.717, 1.165) is 37.5 Å². The Labute approximate surface area is 97.6 Å². The lowest BCUT2D eigenvalue weighted by molar-refractivity contribution is 0.0659. The normalized spacial score (nSPS) is 16.5. The average Bonchev–Trinajstić information content (AvgIpc) is 2.74. The summed E-state index contributed by atoms with van der Waals surface area (Å²) in [6.45, 7) is 7.69. The highest BCUT2D eigenvalue weighted by Gasteiger charge is 2.17. The molecule has 1 saturated heterocycles. The van der Waals surface area contributed by atoms with Crippen LogP contribution < -0.4 is 4.74 Å². The molecule has 1 aliphatic rings. The van der Waals surface area contributed by atoms with Gasteiger partial charge in [0.1, 0.15) is 0 Å². The van der Waals surface area contributed by atoms with Crippen LogP contribution in [0.4, 0.5) is 0 Å². The smallest absolute Gasteiger partial charge is 0.235 e. The van der Waals surface area contributed by atoms with Crippen LogP contribution in [0.25, 0.3) is 0 Å². The Morgan fingerprint density at radius 2 is 2.00 bits per heavy atom. The molecule has 1 aliphatic heterocycles. The summed E-state index contributed by atoms with van der Waals surface area (Å²) in [5, 5.41) is 4.39. The van der Waals surface area contributed by atoms with Gasteiger partial charge in [0.25, 0.3) is 0 Å². The first-order valence-corrected chi connectivity index (χ1v) is 5.98. The van der Waals surface area contributed by atoms with E-state index in [4.69, 9.17) is 9.47 Å². The van der Waals surface area contributed by atoms with Gasteiger partial charge in [0.05, 0.1) is 13.2 Å². The molecule has 2 heterocycles. The number of ether oxygens (including phenoxy) is 2. The van der Waals surface area contributed by atoms with Crippen LogP contribution >= 0.6 is 0 Å². The molecule has 0 radical (unpaired) electrons. The lowest BCUT2D eigenvalue weighted by atomic mass is 10.1. The van der Waals surface area contributed by atoms with Crippen molar-refractivity contribution in [2.45, 2.75) is 39.7 Å². The second kappa shape index (κ2) is 6.53. The fourth-order valence-electron chi connectivity index (χ4n) is 1.80. The highest BCUT2D eigenvalue weighted by Crippen LogP contribution is 2.23. The van der Waals surface area contributed by atoms with Gasteiger partial charge in [-0.15, -0.1) is 5.10 Å². The third kappa shape index (κ3) is 2.98. The Kier molecular flexibility index (Phi) is 5.32. The molecule has 0 aromatic carbocycles. The average molecular weight is 226 g/mol. The van der Waals surface area contributed by atoms with Crippen molar-refractivity contribution in [1.29, 1.82) is 0 Å². The molecule has 0 bridgehead atoms. The molecule has 1 aromatic heterocycles. The van der Waals surface area contributed by atoms with E-state index < -0.39 is 0 Å². The Morgan fingerprint density at radius 1 is 1.38 bits per heavy atom. The van der Waals surface area contributed by atoms with Crippen molar-refractivity contribution in [2.24, 2.45) is 0 Å². The third-order valence-electron chi connectivity index (χ3n) is 2.63. The van der Waals surface area contributed by atoms with Crippen molar-refractivity contribution in [1.82, 2.24) is 9.78 Å². The predicted molar refractivity (Wildman–Crippen MR) is 64.0 cm³/mol. The molecule has 1 fully saturated rings. The molecule has 2 rings (SSSR count). The molecular formula is C12H22N2O2. The lowest BCUT2D eigenvalue weighted by Gasteiger charge is -2.22. The summed E-state index contributed by atoms with van der Waals surface area (Å²) < 4.78 is 12.5. The summed E-state index contributed by atoms with van der Waals surface area (Å²) in [6, 6.07) is 0.478. The third-order valence-corrected chi connectivity index (χ3v) is 2.63. The summed E-state index contributed by atoms with van der Waals surface area (Å²) >= 11 is 0. The minimum Gasteiger partial charge on any atom is -0.480 e. The molecular weight excluding hydrogens is 204 g/mol. The zero-order chi connectivity index (χ0) is 12.0. The first-order valence-electron chi connectivity index (χ1n) is 5.98. The van der Waals surface area contributed by atoms with E-state index in [1.165, 1.54) is 0 Å². The van der Waals surface area contributed by atoms with Crippen LogP contribution in [0.2, 0.25) is 0 Å². The lowest BCUT2D eigenvalue weighted by Crippen LogP contribution is -2.19. The van der Waals surface area contributed by atoms with Gasteiger partial charge in [0.2, 0.25) is 5.88 Å². The standard InChI is InChI=1S/C10H16N2O2.C2H6/c1-8-7-12(11-10(8)13-2)9-3-5-14-6-4-9;1-2/h7,9H,3-6H2,1-2H3;1-2H3. The number of hydrogen-bond acceptors (Lipinski definition) is 3. The van der Waals surface area contributed by atoms with Crippen LogP contribution in [0.1, 0.15) is 38.3 Å². The second-order valence-corrected chi connectivity index (χ2v) is 3.64. The van der Waals surface area contributed by atoms with E-state index in [9.17, 15) is 0 Å². The van der Waals surface area contributed by atoms with Gasteiger partial charge in [-0.25, -0.2) is 0 Å². The quantitative estimate of drug-likeness (QED) is 0.777. The summed E-state index contributed by atoms with van der Waals surface area (Å²) in [6.07, 6.45) is 4.14. The molecule has 1 aromatic rings. The van der Waals surface area contributed by atoms with Crippen LogP contribution in [0.5, 0.6) is 5.88 Å². The van der Waals surface area contributed by atoms with Crippen molar-refractivity contribution in [3.8, 4) is 5.88 Å². The Morgan fingerprint density at radius 3 is 2.50 bits per heavy atom. The van der Waals surface area contributed by atoms with E-state index in [2.05, 4.69) is 11.3 Å². The number of methoxy groups -OCH3 is 1. The number of aromatic nitrogens is 2. The van der Waals surface area contributed by atoms with E-state index in [-0.39, 0.29) is 0 Å². The van der Waals surface area contributed by atoms with Crippen LogP contribution in [-0.4, -0.2) is 30.1 Å². The van der Waals surface area contributed by atoms with Crippen molar-refractivity contribution >= 4 is 0 Å². The van der Waals surface area contributed by atoms with Crippen LogP contribution in [-0.2, 0) is 4.74 Å². The molecule has 16 heavy (non-hydrogen) atoms. The number of aryl methyl sites for hydroxylation is 1.